The molecule has 0 aliphatic heterocycles. The van der Waals surface area contributed by atoms with Crippen LogP contribution in [0.25, 0.3) is 22.5 Å². The Hall–Kier alpha value is -2.48. The molecule has 2 heteroatoms. The fourth-order valence-electron chi connectivity index (χ4n) is 2.01. The molecule has 0 fully saturated rings. The second-order valence-electron chi connectivity index (χ2n) is 4.52. The summed E-state index contributed by atoms with van der Waals surface area (Å²) in [6.45, 7) is 2.08. The highest BCUT2D eigenvalue weighted by molar-refractivity contribution is 5.67. The lowest BCUT2D eigenvalue weighted by molar-refractivity contribution is 1.17. The van der Waals surface area contributed by atoms with Gasteiger partial charge in [-0.25, -0.2) is 9.97 Å². The minimum atomic E-state index is 0.950. The van der Waals surface area contributed by atoms with Crippen LogP contribution in [0.15, 0.2) is 67.0 Å². The van der Waals surface area contributed by atoms with E-state index in [-0.39, 0.29) is 0 Å². The van der Waals surface area contributed by atoms with Gasteiger partial charge in [-0.3, -0.25) is 0 Å². The SMILES string of the molecule is Cc1ccc(-c2cc(-c3ccccc3)ncn2)cc1. The minimum absolute atomic E-state index is 0.950. The van der Waals surface area contributed by atoms with E-state index in [1.807, 2.05) is 24.3 Å². The number of rotatable bonds is 2. The van der Waals surface area contributed by atoms with Crippen molar-refractivity contribution in [2.45, 2.75) is 6.92 Å². The highest BCUT2D eigenvalue weighted by Gasteiger charge is 2.03. The lowest BCUT2D eigenvalue weighted by Gasteiger charge is -2.04. The van der Waals surface area contributed by atoms with Crippen LogP contribution < -0.4 is 0 Å². The average molecular weight is 246 g/mol. The van der Waals surface area contributed by atoms with Crippen molar-refractivity contribution in [2.24, 2.45) is 0 Å². The summed E-state index contributed by atoms with van der Waals surface area (Å²) in [7, 11) is 0. The van der Waals surface area contributed by atoms with Crippen LogP contribution in [-0.4, -0.2) is 9.97 Å². The third-order valence-corrected chi connectivity index (χ3v) is 3.08. The molecule has 1 aromatic heterocycles. The molecule has 1 heterocycles. The minimum Gasteiger partial charge on any atom is -0.236 e. The summed E-state index contributed by atoms with van der Waals surface area (Å²) in [5.41, 5.74) is 5.38. The molecule has 0 saturated carbocycles. The molecule has 0 bridgehead atoms. The smallest absolute Gasteiger partial charge is 0.116 e. The summed E-state index contributed by atoms with van der Waals surface area (Å²) in [5.74, 6) is 0. The van der Waals surface area contributed by atoms with Crippen molar-refractivity contribution in [3.05, 3.63) is 72.6 Å². The number of aromatic nitrogens is 2. The van der Waals surface area contributed by atoms with Crippen molar-refractivity contribution >= 4 is 0 Å². The quantitative estimate of drug-likeness (QED) is 0.679. The maximum absolute atomic E-state index is 4.35. The van der Waals surface area contributed by atoms with Gasteiger partial charge in [0, 0.05) is 11.1 Å². The Labute approximate surface area is 112 Å². The molecule has 0 amide bonds. The first-order valence-corrected chi connectivity index (χ1v) is 6.27. The molecule has 0 N–H and O–H groups in total. The van der Waals surface area contributed by atoms with Crippen LogP contribution in [-0.2, 0) is 0 Å². The van der Waals surface area contributed by atoms with Crippen molar-refractivity contribution in [1.29, 1.82) is 0 Å². The molecule has 2 aromatic carbocycles. The van der Waals surface area contributed by atoms with Gasteiger partial charge in [-0.05, 0) is 13.0 Å². The molecule has 0 atom stereocenters. The molecule has 0 saturated heterocycles. The Morgan fingerprint density at radius 1 is 0.684 bits per heavy atom. The van der Waals surface area contributed by atoms with E-state index in [9.17, 15) is 0 Å². The van der Waals surface area contributed by atoms with Crippen LogP contribution in [0.2, 0.25) is 0 Å². The van der Waals surface area contributed by atoms with E-state index >= 15 is 0 Å². The summed E-state index contributed by atoms with van der Waals surface area (Å²) >= 11 is 0. The molecule has 0 unspecified atom stereocenters. The number of aryl methyl sites for hydroxylation is 1. The second-order valence-corrected chi connectivity index (χ2v) is 4.52. The van der Waals surface area contributed by atoms with E-state index in [0.717, 1.165) is 22.5 Å². The van der Waals surface area contributed by atoms with E-state index in [0.29, 0.717) is 0 Å². The van der Waals surface area contributed by atoms with Crippen molar-refractivity contribution in [2.75, 3.05) is 0 Å². The topological polar surface area (TPSA) is 25.8 Å². The highest BCUT2D eigenvalue weighted by Crippen LogP contribution is 2.22. The van der Waals surface area contributed by atoms with Crippen LogP contribution >= 0.6 is 0 Å². The Morgan fingerprint density at radius 3 is 1.89 bits per heavy atom. The van der Waals surface area contributed by atoms with Gasteiger partial charge in [0.15, 0.2) is 0 Å². The molecule has 0 aliphatic carbocycles. The Bertz CT molecular complexity index is 673. The van der Waals surface area contributed by atoms with Gasteiger partial charge in [-0.15, -0.1) is 0 Å². The molecular formula is C17H14N2. The monoisotopic (exact) mass is 246 g/mol. The van der Waals surface area contributed by atoms with E-state index in [1.54, 1.807) is 6.33 Å². The summed E-state index contributed by atoms with van der Waals surface area (Å²) in [6, 6.07) is 20.6. The van der Waals surface area contributed by atoms with Gasteiger partial charge in [0.1, 0.15) is 6.33 Å². The van der Waals surface area contributed by atoms with Gasteiger partial charge < -0.3 is 0 Å². The zero-order valence-corrected chi connectivity index (χ0v) is 10.7. The molecule has 0 aliphatic rings. The van der Waals surface area contributed by atoms with Gasteiger partial charge in [-0.2, -0.15) is 0 Å². The average Bonchev–Trinajstić information content (AvgIpc) is 2.49. The second kappa shape index (κ2) is 5.02. The normalized spacial score (nSPS) is 10.4. The lowest BCUT2D eigenvalue weighted by Crippen LogP contribution is -1.89. The molecule has 19 heavy (non-hydrogen) atoms. The predicted octanol–water partition coefficient (Wildman–Crippen LogP) is 4.12. The van der Waals surface area contributed by atoms with Crippen LogP contribution in [0.4, 0.5) is 0 Å². The Balaban J connectivity index is 2.03. The first-order valence-electron chi connectivity index (χ1n) is 6.27. The van der Waals surface area contributed by atoms with E-state index in [1.165, 1.54) is 5.56 Å². The third kappa shape index (κ3) is 2.52. The fourth-order valence-corrected chi connectivity index (χ4v) is 2.01. The van der Waals surface area contributed by atoms with Gasteiger partial charge in [-0.1, -0.05) is 60.2 Å². The third-order valence-electron chi connectivity index (χ3n) is 3.08. The van der Waals surface area contributed by atoms with Crippen LogP contribution in [0.3, 0.4) is 0 Å². The summed E-state index contributed by atoms with van der Waals surface area (Å²) in [4.78, 5) is 8.70. The number of hydrogen-bond acceptors (Lipinski definition) is 2. The summed E-state index contributed by atoms with van der Waals surface area (Å²) in [5, 5.41) is 0. The number of nitrogens with zero attached hydrogens (tertiary/aromatic N) is 2. The Kier molecular flexibility index (Phi) is 3.07. The summed E-state index contributed by atoms with van der Waals surface area (Å²) < 4.78 is 0. The van der Waals surface area contributed by atoms with Gasteiger partial charge in [0.05, 0.1) is 11.4 Å². The zero-order chi connectivity index (χ0) is 13.1. The zero-order valence-electron chi connectivity index (χ0n) is 10.7. The molecule has 0 spiro atoms. The fraction of sp³-hybridized carbons (Fsp3) is 0.0588. The van der Waals surface area contributed by atoms with E-state index in [4.69, 9.17) is 0 Å². The van der Waals surface area contributed by atoms with Crippen molar-refractivity contribution in [3.8, 4) is 22.5 Å². The van der Waals surface area contributed by atoms with Crippen LogP contribution in [0.1, 0.15) is 5.56 Å². The highest BCUT2D eigenvalue weighted by atomic mass is 14.8. The van der Waals surface area contributed by atoms with E-state index < -0.39 is 0 Å². The maximum atomic E-state index is 4.35. The van der Waals surface area contributed by atoms with Crippen LogP contribution in [0.5, 0.6) is 0 Å². The largest absolute Gasteiger partial charge is 0.236 e. The predicted molar refractivity (Wildman–Crippen MR) is 77.6 cm³/mol. The maximum Gasteiger partial charge on any atom is 0.116 e. The summed E-state index contributed by atoms with van der Waals surface area (Å²) in [6.07, 6.45) is 1.62. The molecule has 3 rings (SSSR count). The standard InChI is InChI=1S/C17H14N2/c1-13-7-9-15(10-8-13)17-11-16(18-12-19-17)14-5-3-2-4-6-14/h2-12H,1H3. The van der Waals surface area contributed by atoms with Gasteiger partial charge >= 0.3 is 0 Å². The first-order chi connectivity index (χ1) is 9.33. The van der Waals surface area contributed by atoms with E-state index in [2.05, 4.69) is 53.3 Å². The molecule has 0 radical (unpaired) electrons. The van der Waals surface area contributed by atoms with Gasteiger partial charge in [0.2, 0.25) is 0 Å². The lowest BCUT2D eigenvalue weighted by atomic mass is 10.1. The molecule has 2 nitrogen and oxygen atoms in total. The molecular weight excluding hydrogens is 232 g/mol. The molecule has 92 valence electrons. The van der Waals surface area contributed by atoms with Crippen molar-refractivity contribution < 1.29 is 0 Å². The van der Waals surface area contributed by atoms with Crippen molar-refractivity contribution in [3.63, 3.8) is 0 Å². The van der Waals surface area contributed by atoms with Crippen molar-refractivity contribution in [1.82, 2.24) is 9.97 Å². The molecule has 3 aromatic rings. The van der Waals surface area contributed by atoms with Crippen LogP contribution in [0, 0.1) is 6.92 Å². The number of hydrogen-bond donors (Lipinski definition) is 0. The first kappa shape index (κ1) is 11.6. The number of benzene rings is 2. The van der Waals surface area contributed by atoms with Gasteiger partial charge in [0.25, 0.3) is 0 Å². The Morgan fingerprint density at radius 2 is 1.26 bits per heavy atom.